The first kappa shape index (κ1) is 15.6. The van der Waals surface area contributed by atoms with Crippen LogP contribution in [0.3, 0.4) is 0 Å². The SMILES string of the molecule is Cc1cc(C)cc(Nc2ncnc3c2cnn3-c2cccc(Cl)c2)c1. The molecule has 0 unspecified atom stereocenters. The lowest BCUT2D eigenvalue weighted by atomic mass is 10.1. The van der Waals surface area contributed by atoms with Gasteiger partial charge in [-0.05, 0) is 55.3 Å². The number of fused-ring (bicyclic) bond motifs is 1. The van der Waals surface area contributed by atoms with Crippen molar-refractivity contribution in [3.8, 4) is 5.69 Å². The highest BCUT2D eigenvalue weighted by molar-refractivity contribution is 6.30. The first-order valence-electron chi connectivity index (χ1n) is 7.90. The van der Waals surface area contributed by atoms with Crippen LogP contribution in [0, 0.1) is 13.8 Å². The molecule has 2 heterocycles. The second kappa shape index (κ2) is 6.18. The second-order valence-electron chi connectivity index (χ2n) is 6.00. The van der Waals surface area contributed by atoms with Crippen LogP contribution in [0.2, 0.25) is 5.02 Å². The maximum absolute atomic E-state index is 6.09. The van der Waals surface area contributed by atoms with Crippen molar-refractivity contribution in [2.75, 3.05) is 5.32 Å². The van der Waals surface area contributed by atoms with Crippen LogP contribution in [0.1, 0.15) is 11.1 Å². The number of benzene rings is 2. The van der Waals surface area contributed by atoms with Crippen molar-refractivity contribution < 1.29 is 0 Å². The molecule has 0 radical (unpaired) electrons. The van der Waals surface area contributed by atoms with Gasteiger partial charge in [-0.25, -0.2) is 14.6 Å². The highest BCUT2D eigenvalue weighted by Crippen LogP contribution is 2.26. The number of halogens is 1. The van der Waals surface area contributed by atoms with Crippen LogP contribution in [0.15, 0.2) is 55.0 Å². The molecule has 124 valence electrons. The normalized spacial score (nSPS) is 11.0. The van der Waals surface area contributed by atoms with Crippen LogP contribution in [-0.4, -0.2) is 19.7 Å². The van der Waals surface area contributed by atoms with Gasteiger partial charge in [0.15, 0.2) is 5.65 Å². The summed E-state index contributed by atoms with van der Waals surface area (Å²) in [7, 11) is 0. The van der Waals surface area contributed by atoms with E-state index in [-0.39, 0.29) is 0 Å². The molecular formula is C19H16ClN5. The van der Waals surface area contributed by atoms with Gasteiger partial charge in [0.1, 0.15) is 12.1 Å². The maximum atomic E-state index is 6.09. The number of hydrogen-bond donors (Lipinski definition) is 1. The van der Waals surface area contributed by atoms with Crippen LogP contribution in [0.4, 0.5) is 11.5 Å². The summed E-state index contributed by atoms with van der Waals surface area (Å²) in [6.07, 6.45) is 3.30. The Morgan fingerprint density at radius 2 is 1.80 bits per heavy atom. The summed E-state index contributed by atoms with van der Waals surface area (Å²) in [5.41, 5.74) is 4.97. The molecule has 25 heavy (non-hydrogen) atoms. The van der Waals surface area contributed by atoms with Gasteiger partial charge in [0.2, 0.25) is 0 Å². The number of rotatable bonds is 3. The number of anilines is 2. The van der Waals surface area contributed by atoms with E-state index in [1.54, 1.807) is 10.9 Å². The zero-order chi connectivity index (χ0) is 17.4. The van der Waals surface area contributed by atoms with E-state index < -0.39 is 0 Å². The van der Waals surface area contributed by atoms with Crippen LogP contribution >= 0.6 is 11.6 Å². The lowest BCUT2D eigenvalue weighted by Gasteiger charge is -2.09. The predicted molar refractivity (Wildman–Crippen MR) is 101 cm³/mol. The average molecular weight is 350 g/mol. The molecule has 0 saturated carbocycles. The fraction of sp³-hybridized carbons (Fsp3) is 0.105. The van der Waals surface area contributed by atoms with Crippen LogP contribution < -0.4 is 5.32 Å². The van der Waals surface area contributed by atoms with Gasteiger partial charge >= 0.3 is 0 Å². The zero-order valence-corrected chi connectivity index (χ0v) is 14.6. The molecule has 1 N–H and O–H groups in total. The van der Waals surface area contributed by atoms with E-state index in [0.29, 0.717) is 5.02 Å². The first-order valence-corrected chi connectivity index (χ1v) is 8.28. The van der Waals surface area contributed by atoms with Gasteiger partial charge < -0.3 is 5.32 Å². The molecule has 0 aliphatic heterocycles. The van der Waals surface area contributed by atoms with Gasteiger partial charge in [0, 0.05) is 10.7 Å². The van der Waals surface area contributed by atoms with E-state index in [0.717, 1.165) is 28.2 Å². The molecule has 5 nitrogen and oxygen atoms in total. The Labute approximate surface area is 150 Å². The van der Waals surface area contributed by atoms with Gasteiger partial charge in [-0.1, -0.05) is 23.7 Å². The van der Waals surface area contributed by atoms with E-state index in [2.05, 4.69) is 52.4 Å². The van der Waals surface area contributed by atoms with Crippen molar-refractivity contribution in [2.45, 2.75) is 13.8 Å². The topological polar surface area (TPSA) is 55.6 Å². The molecular weight excluding hydrogens is 334 g/mol. The Morgan fingerprint density at radius 1 is 1.00 bits per heavy atom. The van der Waals surface area contributed by atoms with Crippen molar-refractivity contribution in [2.24, 2.45) is 0 Å². The van der Waals surface area contributed by atoms with Crippen LogP contribution in [0.5, 0.6) is 0 Å². The summed E-state index contributed by atoms with van der Waals surface area (Å²) < 4.78 is 1.76. The second-order valence-corrected chi connectivity index (χ2v) is 6.43. The van der Waals surface area contributed by atoms with E-state index >= 15 is 0 Å². The van der Waals surface area contributed by atoms with Crippen molar-refractivity contribution in [1.29, 1.82) is 0 Å². The Kier molecular flexibility index (Phi) is 3.86. The van der Waals surface area contributed by atoms with Crippen molar-refractivity contribution in [3.63, 3.8) is 0 Å². The molecule has 0 fully saturated rings. The predicted octanol–water partition coefficient (Wildman–Crippen LogP) is 4.83. The highest BCUT2D eigenvalue weighted by Gasteiger charge is 2.11. The van der Waals surface area contributed by atoms with Gasteiger partial charge in [0.25, 0.3) is 0 Å². The Morgan fingerprint density at radius 3 is 2.56 bits per heavy atom. The first-order chi connectivity index (χ1) is 12.1. The molecule has 0 aliphatic rings. The summed E-state index contributed by atoms with van der Waals surface area (Å²) in [6.45, 7) is 4.15. The smallest absolute Gasteiger partial charge is 0.168 e. The fourth-order valence-electron chi connectivity index (χ4n) is 2.92. The monoisotopic (exact) mass is 349 g/mol. The molecule has 0 amide bonds. The highest BCUT2D eigenvalue weighted by atomic mass is 35.5. The van der Waals surface area contributed by atoms with Gasteiger partial charge in [-0.15, -0.1) is 0 Å². The third-order valence-corrected chi connectivity index (χ3v) is 4.14. The Hall–Kier alpha value is -2.92. The van der Waals surface area contributed by atoms with E-state index in [1.807, 2.05) is 24.3 Å². The van der Waals surface area contributed by atoms with E-state index in [1.165, 1.54) is 17.5 Å². The Bertz CT molecular complexity index is 1050. The van der Waals surface area contributed by atoms with Crippen LogP contribution in [-0.2, 0) is 0 Å². The quantitative estimate of drug-likeness (QED) is 0.575. The number of aromatic nitrogens is 4. The maximum Gasteiger partial charge on any atom is 0.168 e. The largest absolute Gasteiger partial charge is 0.340 e. The molecule has 2 aromatic heterocycles. The molecule has 0 saturated heterocycles. The summed E-state index contributed by atoms with van der Waals surface area (Å²) in [4.78, 5) is 8.78. The molecule has 0 aliphatic carbocycles. The molecule has 0 atom stereocenters. The molecule has 0 bridgehead atoms. The summed E-state index contributed by atoms with van der Waals surface area (Å²) in [5.74, 6) is 0.725. The minimum atomic E-state index is 0.656. The van der Waals surface area contributed by atoms with Crippen molar-refractivity contribution in [1.82, 2.24) is 19.7 Å². The third kappa shape index (κ3) is 3.06. The third-order valence-electron chi connectivity index (χ3n) is 3.90. The number of nitrogens with one attached hydrogen (secondary N) is 1. The number of aryl methyl sites for hydroxylation is 2. The number of nitrogens with zero attached hydrogens (tertiary/aromatic N) is 4. The van der Waals surface area contributed by atoms with Gasteiger partial charge in [0.05, 0.1) is 17.3 Å². The average Bonchev–Trinajstić information content (AvgIpc) is 2.99. The Balaban J connectivity index is 1.79. The zero-order valence-electron chi connectivity index (χ0n) is 13.9. The molecule has 6 heteroatoms. The van der Waals surface area contributed by atoms with Gasteiger partial charge in [-0.2, -0.15) is 5.10 Å². The van der Waals surface area contributed by atoms with E-state index in [4.69, 9.17) is 11.6 Å². The van der Waals surface area contributed by atoms with Gasteiger partial charge in [-0.3, -0.25) is 0 Å². The van der Waals surface area contributed by atoms with Crippen LogP contribution in [0.25, 0.3) is 16.7 Å². The lowest BCUT2D eigenvalue weighted by molar-refractivity contribution is 0.895. The summed E-state index contributed by atoms with van der Waals surface area (Å²) in [5, 5.41) is 9.34. The van der Waals surface area contributed by atoms with Crippen molar-refractivity contribution in [3.05, 3.63) is 71.1 Å². The number of hydrogen-bond acceptors (Lipinski definition) is 4. The summed E-state index contributed by atoms with van der Waals surface area (Å²) in [6, 6.07) is 13.8. The molecule has 2 aromatic carbocycles. The summed E-state index contributed by atoms with van der Waals surface area (Å²) >= 11 is 6.09. The van der Waals surface area contributed by atoms with E-state index in [9.17, 15) is 0 Å². The minimum Gasteiger partial charge on any atom is -0.340 e. The fourth-order valence-corrected chi connectivity index (χ4v) is 3.11. The van der Waals surface area contributed by atoms with Crippen molar-refractivity contribution >= 4 is 34.1 Å². The standard InChI is InChI=1S/C19H16ClN5/c1-12-6-13(2)8-15(7-12)24-18-17-10-23-25(19(17)22-11-21-18)16-5-3-4-14(20)9-16/h3-11H,1-2H3,(H,21,22,24). The minimum absolute atomic E-state index is 0.656. The molecule has 4 aromatic rings. The molecule has 0 spiro atoms. The lowest BCUT2D eigenvalue weighted by Crippen LogP contribution is -1.99. The molecule has 4 rings (SSSR count).